The zero-order chi connectivity index (χ0) is 13.8. The Morgan fingerprint density at radius 2 is 2.22 bits per heavy atom. The van der Waals surface area contributed by atoms with Crippen molar-refractivity contribution in [3.63, 3.8) is 0 Å². The number of aromatic amines is 1. The topological polar surface area (TPSA) is 75.3 Å². The van der Waals surface area contributed by atoms with Crippen molar-refractivity contribution in [2.24, 2.45) is 0 Å². The average Bonchev–Trinajstić information content (AvgIpc) is 2.76. The molecule has 0 aromatic carbocycles. The molecule has 0 saturated heterocycles. The Balaban J connectivity index is 3.03. The summed E-state index contributed by atoms with van der Waals surface area (Å²) >= 11 is 0. The number of imidazole rings is 1. The summed E-state index contributed by atoms with van der Waals surface area (Å²) in [6.07, 6.45) is 2.10. The highest BCUT2D eigenvalue weighted by Crippen LogP contribution is 2.17. The van der Waals surface area contributed by atoms with Gasteiger partial charge in [0, 0.05) is 19.7 Å². The molecule has 1 aromatic heterocycles. The van der Waals surface area contributed by atoms with Crippen LogP contribution < -0.4 is 0 Å². The van der Waals surface area contributed by atoms with Crippen LogP contribution >= 0.6 is 0 Å². The lowest BCUT2D eigenvalue weighted by Crippen LogP contribution is -2.40. The number of hydrogen-bond acceptors (Lipinski definition) is 4. The molecule has 1 unspecified atom stereocenters. The molecule has 104 valence electrons. The Labute approximate surface area is 108 Å². The fourth-order valence-electron chi connectivity index (χ4n) is 1.62. The molecule has 6 nitrogen and oxygen atoms in total. The van der Waals surface area contributed by atoms with Crippen molar-refractivity contribution in [2.75, 3.05) is 20.3 Å². The van der Waals surface area contributed by atoms with Crippen molar-refractivity contribution in [2.45, 2.75) is 38.3 Å². The highest BCUT2D eigenvalue weighted by atomic mass is 32.2. The zero-order valence-corrected chi connectivity index (χ0v) is 12.1. The van der Waals surface area contributed by atoms with Crippen LogP contribution in [0.2, 0.25) is 0 Å². The first kappa shape index (κ1) is 15.1. The van der Waals surface area contributed by atoms with Gasteiger partial charge in [0.15, 0.2) is 5.03 Å². The fraction of sp³-hybridized carbons (Fsp3) is 0.727. The summed E-state index contributed by atoms with van der Waals surface area (Å²) in [5, 5.41) is 0.136. The average molecular weight is 275 g/mol. The molecular weight excluding hydrogens is 254 g/mol. The van der Waals surface area contributed by atoms with Crippen molar-refractivity contribution in [3.05, 3.63) is 12.0 Å². The molecule has 0 aliphatic heterocycles. The van der Waals surface area contributed by atoms with Gasteiger partial charge in [-0.25, -0.2) is 13.4 Å². The van der Waals surface area contributed by atoms with E-state index < -0.39 is 10.0 Å². The third kappa shape index (κ3) is 3.30. The lowest BCUT2D eigenvalue weighted by molar-refractivity contribution is 0.167. The summed E-state index contributed by atoms with van der Waals surface area (Å²) in [6.45, 7) is 6.28. The van der Waals surface area contributed by atoms with Gasteiger partial charge in [-0.05, 0) is 20.3 Å². The second-order valence-electron chi connectivity index (χ2n) is 4.20. The number of ether oxygens (including phenoxy) is 1. The van der Waals surface area contributed by atoms with Gasteiger partial charge in [-0.2, -0.15) is 4.31 Å². The lowest BCUT2D eigenvalue weighted by atomic mass is 10.3. The normalized spacial score (nSPS) is 14.1. The maximum atomic E-state index is 12.5. The number of nitrogens with one attached hydrogen (secondary N) is 1. The van der Waals surface area contributed by atoms with E-state index in [4.69, 9.17) is 4.74 Å². The molecule has 18 heavy (non-hydrogen) atoms. The molecule has 1 atom stereocenters. The first-order chi connectivity index (χ1) is 8.43. The number of rotatable bonds is 7. The van der Waals surface area contributed by atoms with Gasteiger partial charge in [-0.1, -0.05) is 6.92 Å². The van der Waals surface area contributed by atoms with Crippen LogP contribution in [0, 0.1) is 6.92 Å². The molecule has 0 amide bonds. The Kier molecular flexibility index (Phi) is 5.30. The molecular formula is C11H21N3O3S. The first-order valence-electron chi connectivity index (χ1n) is 5.95. The molecule has 0 saturated carbocycles. The molecule has 1 heterocycles. The molecule has 0 radical (unpaired) electrons. The summed E-state index contributed by atoms with van der Waals surface area (Å²) in [7, 11) is -1.97. The van der Waals surface area contributed by atoms with Crippen LogP contribution in [0.15, 0.2) is 11.2 Å². The van der Waals surface area contributed by atoms with E-state index in [9.17, 15) is 8.42 Å². The van der Waals surface area contributed by atoms with Gasteiger partial charge in [0.2, 0.25) is 0 Å². The molecule has 7 heteroatoms. The summed E-state index contributed by atoms with van der Waals surface area (Å²) in [4.78, 5) is 6.71. The largest absolute Gasteiger partial charge is 0.383 e. The third-order valence-corrected chi connectivity index (χ3v) is 4.79. The number of nitrogens with zero attached hydrogens (tertiary/aromatic N) is 2. The second-order valence-corrected chi connectivity index (χ2v) is 6.06. The Morgan fingerprint density at radius 3 is 2.67 bits per heavy atom. The van der Waals surface area contributed by atoms with E-state index in [1.807, 2.05) is 13.8 Å². The minimum atomic E-state index is -3.53. The molecule has 0 aliphatic carbocycles. The number of hydrogen-bond donors (Lipinski definition) is 1. The maximum absolute atomic E-state index is 12.5. The lowest BCUT2D eigenvalue weighted by Gasteiger charge is -2.26. The van der Waals surface area contributed by atoms with E-state index in [0.29, 0.717) is 19.0 Å². The van der Waals surface area contributed by atoms with Crippen LogP contribution in [0.1, 0.15) is 26.1 Å². The minimum absolute atomic E-state index is 0.0752. The van der Waals surface area contributed by atoms with Gasteiger partial charge in [-0.15, -0.1) is 0 Å². The van der Waals surface area contributed by atoms with Crippen LogP contribution in [0.3, 0.4) is 0 Å². The van der Waals surface area contributed by atoms with E-state index in [0.717, 1.165) is 6.42 Å². The molecule has 1 aromatic rings. The fourth-order valence-corrected chi connectivity index (χ4v) is 3.27. The predicted octanol–water partition coefficient (Wildman–Crippen LogP) is 1.15. The van der Waals surface area contributed by atoms with Gasteiger partial charge in [0.1, 0.15) is 5.82 Å². The van der Waals surface area contributed by atoms with Crippen molar-refractivity contribution in [1.29, 1.82) is 0 Å². The van der Waals surface area contributed by atoms with Crippen LogP contribution in [0.4, 0.5) is 0 Å². The van der Waals surface area contributed by atoms with E-state index in [1.165, 1.54) is 10.5 Å². The highest BCUT2D eigenvalue weighted by Gasteiger charge is 2.29. The van der Waals surface area contributed by atoms with E-state index in [2.05, 4.69) is 9.97 Å². The van der Waals surface area contributed by atoms with Crippen LogP contribution in [0.5, 0.6) is 0 Å². The summed E-state index contributed by atoms with van der Waals surface area (Å²) in [5.41, 5.74) is 0. The van der Waals surface area contributed by atoms with Gasteiger partial charge >= 0.3 is 0 Å². The minimum Gasteiger partial charge on any atom is -0.383 e. The number of aromatic nitrogens is 2. The van der Waals surface area contributed by atoms with Crippen molar-refractivity contribution in [1.82, 2.24) is 14.3 Å². The quantitative estimate of drug-likeness (QED) is 0.810. The molecule has 1 rings (SSSR count). The van der Waals surface area contributed by atoms with Crippen molar-refractivity contribution < 1.29 is 13.2 Å². The summed E-state index contributed by atoms with van der Waals surface area (Å²) in [6, 6.07) is -0.0752. The SMILES string of the molecule is CCC(C)N(CCOC)S(=O)(=O)c1cnc(C)[nH]1. The number of H-pyrrole nitrogens is 1. The number of aryl methyl sites for hydroxylation is 1. The van der Waals surface area contributed by atoms with Crippen molar-refractivity contribution >= 4 is 10.0 Å². The zero-order valence-electron chi connectivity index (χ0n) is 11.3. The van der Waals surface area contributed by atoms with Crippen LogP contribution in [0.25, 0.3) is 0 Å². The van der Waals surface area contributed by atoms with Crippen LogP contribution in [-0.2, 0) is 14.8 Å². The van der Waals surface area contributed by atoms with Gasteiger partial charge < -0.3 is 9.72 Å². The Morgan fingerprint density at radius 1 is 1.56 bits per heavy atom. The standard InChI is InChI=1S/C11H21N3O3S/c1-5-9(2)14(6-7-17-4)18(15,16)11-8-12-10(3)13-11/h8-9H,5-7H2,1-4H3,(H,12,13). The Hall–Kier alpha value is -0.920. The third-order valence-electron chi connectivity index (χ3n) is 2.86. The number of sulfonamides is 1. The number of methoxy groups -OCH3 is 1. The molecule has 1 N–H and O–H groups in total. The maximum Gasteiger partial charge on any atom is 0.260 e. The molecule has 0 aliphatic rings. The van der Waals surface area contributed by atoms with Crippen molar-refractivity contribution in [3.8, 4) is 0 Å². The summed E-state index contributed by atoms with van der Waals surface area (Å²) < 4.78 is 31.3. The molecule has 0 bridgehead atoms. The monoisotopic (exact) mass is 275 g/mol. The van der Waals surface area contributed by atoms with E-state index >= 15 is 0 Å². The summed E-state index contributed by atoms with van der Waals surface area (Å²) in [5.74, 6) is 0.587. The smallest absolute Gasteiger partial charge is 0.260 e. The predicted molar refractivity (Wildman–Crippen MR) is 68.8 cm³/mol. The Bertz CT molecular complexity index is 470. The van der Waals surface area contributed by atoms with E-state index in [1.54, 1.807) is 14.0 Å². The van der Waals surface area contributed by atoms with Crippen LogP contribution in [-0.4, -0.2) is 49.0 Å². The van der Waals surface area contributed by atoms with Gasteiger partial charge in [-0.3, -0.25) is 0 Å². The molecule has 0 spiro atoms. The first-order valence-corrected chi connectivity index (χ1v) is 7.39. The van der Waals surface area contributed by atoms with Gasteiger partial charge in [0.25, 0.3) is 10.0 Å². The second kappa shape index (κ2) is 6.31. The van der Waals surface area contributed by atoms with Gasteiger partial charge in [0.05, 0.1) is 12.8 Å². The van der Waals surface area contributed by atoms with E-state index in [-0.39, 0.29) is 11.1 Å². The highest BCUT2D eigenvalue weighted by molar-refractivity contribution is 7.89. The molecule has 0 fully saturated rings.